The fraction of sp³-hybridized carbons (Fsp3) is 0.444. The molecule has 1 unspecified atom stereocenters. The zero-order valence-electron chi connectivity index (χ0n) is 13.9. The fourth-order valence-corrected chi connectivity index (χ4v) is 3.36. The Morgan fingerprint density at radius 1 is 1.44 bits per heavy atom. The van der Waals surface area contributed by atoms with Gasteiger partial charge in [0.2, 0.25) is 0 Å². The molecular weight excluding hydrogens is 325 g/mol. The number of carbonyl (C=O) groups is 1. The van der Waals surface area contributed by atoms with Crippen LogP contribution in [0.1, 0.15) is 31.2 Å². The largest absolute Gasteiger partial charge is 0.507 e. The molecule has 1 aromatic heterocycles. The lowest BCUT2D eigenvalue weighted by molar-refractivity contribution is -0.119. The fourth-order valence-electron chi connectivity index (χ4n) is 3.36. The summed E-state index contributed by atoms with van der Waals surface area (Å²) in [6, 6.07) is 3.13. The van der Waals surface area contributed by atoms with Crippen LogP contribution in [0.25, 0.3) is 5.76 Å². The van der Waals surface area contributed by atoms with E-state index >= 15 is 0 Å². The number of aromatic nitrogens is 1. The topological polar surface area (TPSA) is 85.7 Å². The SMILES string of the molecule is C=CCN1c2ncccc2C(O)=C(C(=O)N[C@H]2CC[C@@H](F)CC2)C1O. The highest BCUT2D eigenvalue weighted by Crippen LogP contribution is 2.34. The number of anilines is 1. The lowest BCUT2D eigenvalue weighted by atomic mass is 9.93. The van der Waals surface area contributed by atoms with E-state index in [1.54, 1.807) is 24.4 Å². The number of pyridine rings is 1. The van der Waals surface area contributed by atoms with E-state index in [1.165, 1.54) is 4.90 Å². The number of alkyl halides is 1. The first-order valence-corrected chi connectivity index (χ1v) is 8.42. The summed E-state index contributed by atoms with van der Waals surface area (Å²) >= 11 is 0. The maximum atomic E-state index is 13.2. The minimum Gasteiger partial charge on any atom is -0.507 e. The van der Waals surface area contributed by atoms with Gasteiger partial charge in [0, 0.05) is 18.8 Å². The van der Waals surface area contributed by atoms with Crippen LogP contribution in [0.2, 0.25) is 0 Å². The molecule has 6 nitrogen and oxygen atoms in total. The molecule has 0 aromatic carbocycles. The van der Waals surface area contributed by atoms with Crippen molar-refractivity contribution in [3.05, 3.63) is 42.1 Å². The van der Waals surface area contributed by atoms with Crippen LogP contribution in [0.5, 0.6) is 0 Å². The van der Waals surface area contributed by atoms with Crippen LogP contribution in [0.3, 0.4) is 0 Å². The van der Waals surface area contributed by atoms with Gasteiger partial charge in [0.15, 0.2) is 6.23 Å². The van der Waals surface area contributed by atoms with Crippen molar-refractivity contribution in [2.45, 2.75) is 44.1 Å². The number of nitrogens with zero attached hydrogens (tertiary/aromatic N) is 2. The summed E-state index contributed by atoms with van der Waals surface area (Å²) in [5, 5.41) is 24.0. The number of carbonyl (C=O) groups excluding carboxylic acids is 1. The van der Waals surface area contributed by atoms with Crippen molar-refractivity contribution in [1.29, 1.82) is 0 Å². The molecule has 2 heterocycles. The highest BCUT2D eigenvalue weighted by molar-refractivity contribution is 6.03. The Hall–Kier alpha value is -2.41. The maximum absolute atomic E-state index is 13.2. The van der Waals surface area contributed by atoms with Gasteiger partial charge in [-0.15, -0.1) is 6.58 Å². The van der Waals surface area contributed by atoms with Crippen molar-refractivity contribution in [2.24, 2.45) is 0 Å². The second-order valence-electron chi connectivity index (χ2n) is 6.37. The number of hydrogen-bond acceptors (Lipinski definition) is 5. The van der Waals surface area contributed by atoms with Crippen LogP contribution < -0.4 is 10.2 Å². The third kappa shape index (κ3) is 3.37. The van der Waals surface area contributed by atoms with Crippen LogP contribution >= 0.6 is 0 Å². The van der Waals surface area contributed by atoms with E-state index in [0.717, 1.165) is 0 Å². The molecule has 1 aliphatic heterocycles. The Bertz CT molecular complexity index is 699. The molecule has 1 aliphatic carbocycles. The summed E-state index contributed by atoms with van der Waals surface area (Å²) in [5.74, 6) is -0.439. The molecule has 1 atom stereocenters. The van der Waals surface area contributed by atoms with E-state index < -0.39 is 18.3 Å². The molecule has 134 valence electrons. The van der Waals surface area contributed by atoms with Crippen molar-refractivity contribution >= 4 is 17.5 Å². The predicted octanol–water partition coefficient (Wildman–Crippen LogP) is 2.07. The first-order valence-electron chi connectivity index (χ1n) is 8.42. The average Bonchev–Trinajstić information content (AvgIpc) is 2.61. The summed E-state index contributed by atoms with van der Waals surface area (Å²) in [6.45, 7) is 3.92. The van der Waals surface area contributed by atoms with Gasteiger partial charge >= 0.3 is 0 Å². The monoisotopic (exact) mass is 347 g/mol. The molecule has 3 N–H and O–H groups in total. The number of hydrogen-bond donors (Lipinski definition) is 3. The minimum absolute atomic E-state index is 0.121. The normalized spacial score (nSPS) is 26.2. The summed E-state index contributed by atoms with van der Waals surface area (Å²) in [5.41, 5.74) is 0.261. The molecule has 2 aliphatic rings. The van der Waals surface area contributed by atoms with Crippen LogP contribution in [0.15, 0.2) is 36.6 Å². The Morgan fingerprint density at radius 2 is 2.16 bits per heavy atom. The third-order valence-electron chi connectivity index (χ3n) is 4.68. The number of aliphatic hydroxyl groups excluding tert-OH is 2. The Morgan fingerprint density at radius 3 is 2.84 bits per heavy atom. The second kappa shape index (κ2) is 7.23. The summed E-state index contributed by atoms with van der Waals surface area (Å²) < 4.78 is 13.2. The van der Waals surface area contributed by atoms with Gasteiger partial charge < -0.3 is 20.4 Å². The van der Waals surface area contributed by atoms with Gasteiger partial charge in [0.25, 0.3) is 5.91 Å². The maximum Gasteiger partial charge on any atom is 0.255 e. The Balaban J connectivity index is 1.88. The number of aliphatic hydroxyl groups is 2. The first kappa shape index (κ1) is 17.4. The van der Waals surface area contributed by atoms with E-state index in [0.29, 0.717) is 37.1 Å². The highest BCUT2D eigenvalue weighted by atomic mass is 19.1. The molecule has 0 saturated heterocycles. The number of rotatable bonds is 4. The predicted molar refractivity (Wildman–Crippen MR) is 92.6 cm³/mol. The van der Waals surface area contributed by atoms with Gasteiger partial charge in [-0.2, -0.15) is 0 Å². The molecule has 3 rings (SSSR count). The van der Waals surface area contributed by atoms with Gasteiger partial charge in [-0.1, -0.05) is 6.08 Å². The van der Waals surface area contributed by atoms with Gasteiger partial charge in [-0.3, -0.25) is 4.79 Å². The Labute approximate surface area is 145 Å². The molecule has 1 aromatic rings. The van der Waals surface area contributed by atoms with E-state index in [9.17, 15) is 19.4 Å². The molecule has 25 heavy (non-hydrogen) atoms. The average molecular weight is 347 g/mol. The molecule has 1 saturated carbocycles. The number of amides is 1. The number of fused-ring (bicyclic) bond motifs is 1. The van der Waals surface area contributed by atoms with Crippen LogP contribution in [0, 0.1) is 0 Å². The van der Waals surface area contributed by atoms with Crippen molar-refractivity contribution in [3.63, 3.8) is 0 Å². The Kier molecular flexibility index (Phi) is 5.03. The van der Waals surface area contributed by atoms with E-state index in [4.69, 9.17) is 0 Å². The van der Waals surface area contributed by atoms with Crippen molar-refractivity contribution in [1.82, 2.24) is 10.3 Å². The minimum atomic E-state index is -1.34. The van der Waals surface area contributed by atoms with E-state index in [-0.39, 0.29) is 23.9 Å². The third-order valence-corrected chi connectivity index (χ3v) is 4.68. The molecule has 0 spiro atoms. The van der Waals surface area contributed by atoms with E-state index in [1.807, 2.05) is 0 Å². The van der Waals surface area contributed by atoms with E-state index in [2.05, 4.69) is 16.9 Å². The number of halogens is 1. The summed E-state index contributed by atoms with van der Waals surface area (Å²) in [4.78, 5) is 18.4. The van der Waals surface area contributed by atoms with Crippen LogP contribution in [-0.2, 0) is 4.79 Å². The zero-order chi connectivity index (χ0) is 18.0. The molecule has 0 radical (unpaired) electrons. The van der Waals surface area contributed by atoms with Gasteiger partial charge in [0.05, 0.1) is 5.56 Å². The summed E-state index contributed by atoms with van der Waals surface area (Å²) in [7, 11) is 0. The highest BCUT2D eigenvalue weighted by Gasteiger charge is 2.37. The van der Waals surface area contributed by atoms with Gasteiger partial charge in [-0.25, -0.2) is 9.37 Å². The number of nitrogens with one attached hydrogen (secondary N) is 1. The van der Waals surface area contributed by atoms with Gasteiger partial charge in [0.1, 0.15) is 23.3 Å². The van der Waals surface area contributed by atoms with Gasteiger partial charge in [-0.05, 0) is 37.8 Å². The lowest BCUT2D eigenvalue weighted by Crippen LogP contribution is -2.48. The standard InChI is InChI=1S/C18H22FN3O3/c1-2-10-22-16-13(4-3-9-20-16)15(23)14(18(22)25)17(24)21-12-7-5-11(19)6-8-12/h2-4,9,11-12,18,23,25H,1,5-8,10H2,(H,21,24)/t11-,12+,18?. The van der Waals surface area contributed by atoms with Crippen molar-refractivity contribution < 1.29 is 19.4 Å². The quantitative estimate of drug-likeness (QED) is 0.726. The smallest absolute Gasteiger partial charge is 0.255 e. The molecule has 7 heteroatoms. The van der Waals surface area contributed by atoms with Crippen molar-refractivity contribution in [2.75, 3.05) is 11.4 Å². The molecular formula is C18H22FN3O3. The zero-order valence-corrected chi connectivity index (χ0v) is 13.9. The first-order chi connectivity index (χ1) is 12.0. The van der Waals surface area contributed by atoms with Crippen LogP contribution in [0.4, 0.5) is 10.2 Å². The molecule has 1 fully saturated rings. The molecule has 0 bridgehead atoms. The molecule has 1 amide bonds. The van der Waals surface area contributed by atoms with Crippen molar-refractivity contribution in [3.8, 4) is 0 Å². The second-order valence-corrected chi connectivity index (χ2v) is 6.37. The van der Waals surface area contributed by atoms with Crippen LogP contribution in [-0.4, -0.2) is 46.1 Å². The lowest BCUT2D eigenvalue weighted by Gasteiger charge is -2.35. The summed E-state index contributed by atoms with van der Waals surface area (Å²) in [6.07, 6.45) is 2.90.